The number of piperidine rings is 1. The molecule has 1 rings (SSSR count). The van der Waals surface area contributed by atoms with Gasteiger partial charge in [-0.2, -0.15) is 0 Å². The summed E-state index contributed by atoms with van der Waals surface area (Å²) in [7, 11) is 0. The monoisotopic (exact) mass is 309 g/mol. The zero-order valence-corrected chi connectivity index (χ0v) is 14.1. The fourth-order valence-corrected chi connectivity index (χ4v) is 2.41. The van der Waals surface area contributed by atoms with Crippen molar-refractivity contribution in [3.8, 4) is 0 Å². The van der Waals surface area contributed by atoms with E-state index in [-0.39, 0.29) is 18.1 Å². The highest BCUT2D eigenvalue weighted by molar-refractivity contribution is 5.83. The number of nitrogens with zero attached hydrogens (tertiary/aromatic N) is 1. The Morgan fingerprint density at radius 1 is 1.41 bits per heavy atom. The molecule has 1 aliphatic heterocycles. The first-order valence-corrected chi connectivity index (χ1v) is 7.73. The molecule has 0 saturated carbocycles. The van der Waals surface area contributed by atoms with Crippen LogP contribution < -0.4 is 0 Å². The first-order valence-electron chi connectivity index (χ1n) is 7.73. The summed E-state index contributed by atoms with van der Waals surface area (Å²) < 4.78 is 10.4. The number of hydrogen-bond acceptors (Lipinski definition) is 4. The maximum Gasteiger partial charge on any atom is 0.410 e. The fraction of sp³-hybridized carbons (Fsp3) is 0.647. The van der Waals surface area contributed by atoms with E-state index in [1.54, 1.807) is 24.0 Å². The average molecular weight is 309 g/mol. The molecule has 1 heterocycles. The minimum Gasteiger partial charge on any atom is -0.463 e. The maximum absolute atomic E-state index is 12.3. The van der Waals surface area contributed by atoms with Crippen LogP contribution in [-0.2, 0) is 14.3 Å². The van der Waals surface area contributed by atoms with E-state index in [2.05, 4.69) is 6.58 Å². The van der Waals surface area contributed by atoms with E-state index in [4.69, 9.17) is 9.47 Å². The molecule has 1 atom stereocenters. The molecule has 0 bridgehead atoms. The van der Waals surface area contributed by atoms with Crippen LogP contribution in [0.3, 0.4) is 0 Å². The second-order valence-electron chi connectivity index (χ2n) is 6.36. The summed E-state index contributed by atoms with van der Waals surface area (Å²) in [5, 5.41) is 0. The summed E-state index contributed by atoms with van der Waals surface area (Å²) in [6, 6.07) is -0.0261. The van der Waals surface area contributed by atoms with Crippen molar-refractivity contribution in [2.24, 2.45) is 0 Å². The number of ether oxygens (including phenoxy) is 2. The van der Waals surface area contributed by atoms with E-state index in [0.717, 1.165) is 5.57 Å². The second kappa shape index (κ2) is 8.01. The lowest BCUT2D eigenvalue weighted by Gasteiger charge is -2.37. The van der Waals surface area contributed by atoms with Crippen LogP contribution >= 0.6 is 0 Å². The van der Waals surface area contributed by atoms with Crippen molar-refractivity contribution in [2.45, 2.75) is 58.6 Å². The van der Waals surface area contributed by atoms with Gasteiger partial charge in [0.15, 0.2) is 0 Å². The van der Waals surface area contributed by atoms with Crippen molar-refractivity contribution in [1.82, 2.24) is 4.90 Å². The molecule has 1 amide bonds. The van der Waals surface area contributed by atoms with E-state index in [0.29, 0.717) is 32.4 Å². The molecule has 5 heteroatoms. The summed E-state index contributed by atoms with van der Waals surface area (Å²) in [6.07, 6.45) is 4.99. The minimum atomic E-state index is -0.517. The smallest absolute Gasteiger partial charge is 0.410 e. The molecule has 1 aliphatic rings. The number of likely N-dealkylation sites (tertiary alicyclic amines) is 1. The van der Waals surface area contributed by atoms with E-state index < -0.39 is 5.60 Å². The van der Waals surface area contributed by atoms with Gasteiger partial charge in [0.1, 0.15) is 5.60 Å². The highest BCUT2D eigenvalue weighted by Crippen LogP contribution is 2.26. The highest BCUT2D eigenvalue weighted by Gasteiger charge is 2.31. The molecule has 124 valence electrons. The van der Waals surface area contributed by atoms with E-state index in [1.165, 1.54) is 0 Å². The summed E-state index contributed by atoms with van der Waals surface area (Å²) >= 11 is 0. The molecule has 1 fully saturated rings. The maximum atomic E-state index is 12.3. The van der Waals surface area contributed by atoms with Gasteiger partial charge in [0, 0.05) is 18.7 Å². The molecular formula is C17H27NO4. The average Bonchev–Trinajstić information content (AvgIpc) is 2.37. The van der Waals surface area contributed by atoms with Gasteiger partial charge < -0.3 is 14.4 Å². The Labute approximate surface area is 133 Å². The van der Waals surface area contributed by atoms with E-state index in [1.807, 2.05) is 20.8 Å². The molecule has 1 saturated heterocycles. The predicted molar refractivity (Wildman–Crippen MR) is 85.5 cm³/mol. The van der Waals surface area contributed by atoms with Crippen molar-refractivity contribution in [1.29, 1.82) is 0 Å². The normalized spacial score (nSPS) is 20.6. The predicted octanol–water partition coefficient (Wildman–Crippen LogP) is 3.45. The van der Waals surface area contributed by atoms with Crippen molar-refractivity contribution in [3.05, 3.63) is 24.3 Å². The van der Waals surface area contributed by atoms with E-state index in [9.17, 15) is 9.59 Å². The fourth-order valence-electron chi connectivity index (χ4n) is 2.41. The zero-order valence-electron chi connectivity index (χ0n) is 14.1. The molecule has 1 unspecified atom stereocenters. The van der Waals surface area contributed by atoms with Crippen LogP contribution in [0, 0.1) is 0 Å². The van der Waals surface area contributed by atoms with Gasteiger partial charge in [-0.15, -0.1) is 6.58 Å². The standard InChI is InChI=1S/C17H27NO4/c1-6-8-14-11-13(12-15(19)21-7-2)9-10-18(14)16(20)22-17(3,4)5/h6,12,14H,1,7-11H2,2-5H3/b13-12-. The summed E-state index contributed by atoms with van der Waals surface area (Å²) in [5.74, 6) is -0.319. The van der Waals surface area contributed by atoms with Crippen LogP contribution in [-0.4, -0.2) is 41.8 Å². The number of hydrogen-bond donors (Lipinski definition) is 0. The minimum absolute atomic E-state index is 0.0261. The Morgan fingerprint density at radius 3 is 2.64 bits per heavy atom. The second-order valence-corrected chi connectivity index (χ2v) is 6.36. The molecule has 22 heavy (non-hydrogen) atoms. The van der Waals surface area contributed by atoms with Gasteiger partial charge in [-0.3, -0.25) is 0 Å². The lowest BCUT2D eigenvalue weighted by Crippen LogP contribution is -2.46. The topological polar surface area (TPSA) is 55.8 Å². The van der Waals surface area contributed by atoms with E-state index >= 15 is 0 Å². The Hall–Kier alpha value is -1.78. The Bertz CT molecular complexity index is 448. The first kappa shape index (κ1) is 18.3. The van der Waals surface area contributed by atoms with Gasteiger partial charge in [-0.1, -0.05) is 11.6 Å². The van der Waals surface area contributed by atoms with Gasteiger partial charge in [0.25, 0.3) is 0 Å². The van der Waals surface area contributed by atoms with Gasteiger partial charge in [-0.25, -0.2) is 9.59 Å². The third-order valence-electron chi connectivity index (χ3n) is 3.29. The molecule has 0 N–H and O–H groups in total. The van der Waals surface area contributed by atoms with Crippen molar-refractivity contribution in [3.63, 3.8) is 0 Å². The molecule has 5 nitrogen and oxygen atoms in total. The van der Waals surface area contributed by atoms with Gasteiger partial charge in [-0.05, 0) is 47.0 Å². The number of carbonyl (C=O) groups excluding carboxylic acids is 2. The van der Waals surface area contributed by atoms with Crippen molar-refractivity contribution >= 4 is 12.1 Å². The summed E-state index contributed by atoms with van der Waals surface area (Å²) in [6.45, 7) is 12.0. The number of amides is 1. The van der Waals surface area contributed by atoms with Crippen molar-refractivity contribution in [2.75, 3.05) is 13.2 Å². The highest BCUT2D eigenvalue weighted by atomic mass is 16.6. The molecule has 0 radical (unpaired) electrons. The van der Waals surface area contributed by atoms with Crippen LogP contribution in [0.1, 0.15) is 47.0 Å². The zero-order chi connectivity index (χ0) is 16.8. The quantitative estimate of drug-likeness (QED) is 0.453. The number of esters is 1. The van der Waals surface area contributed by atoms with Crippen LogP contribution in [0.25, 0.3) is 0 Å². The van der Waals surface area contributed by atoms with Gasteiger partial charge >= 0.3 is 12.1 Å². The molecule has 0 spiro atoms. The molecule has 0 aromatic carbocycles. The van der Waals surface area contributed by atoms with Crippen molar-refractivity contribution < 1.29 is 19.1 Å². The summed E-state index contributed by atoms with van der Waals surface area (Å²) in [4.78, 5) is 25.6. The van der Waals surface area contributed by atoms with Gasteiger partial charge in [0.05, 0.1) is 6.61 Å². The van der Waals surface area contributed by atoms with Crippen LogP contribution in [0.2, 0.25) is 0 Å². The Balaban J connectivity index is 2.77. The third kappa shape index (κ3) is 5.92. The third-order valence-corrected chi connectivity index (χ3v) is 3.29. The first-order chi connectivity index (χ1) is 10.3. The van der Waals surface area contributed by atoms with Crippen LogP contribution in [0.5, 0.6) is 0 Å². The summed E-state index contributed by atoms with van der Waals surface area (Å²) in [5.41, 5.74) is 0.488. The molecule has 0 aliphatic carbocycles. The van der Waals surface area contributed by atoms with Gasteiger partial charge in [0.2, 0.25) is 0 Å². The van der Waals surface area contributed by atoms with Crippen LogP contribution in [0.4, 0.5) is 4.79 Å². The Kier molecular flexibility index (Phi) is 6.65. The molecular weight excluding hydrogens is 282 g/mol. The number of rotatable bonds is 4. The Morgan fingerprint density at radius 2 is 2.09 bits per heavy atom. The SMILES string of the molecule is C=CCC1C/C(=C\C(=O)OCC)CCN1C(=O)OC(C)(C)C. The van der Waals surface area contributed by atoms with Crippen LogP contribution in [0.15, 0.2) is 24.3 Å². The number of carbonyl (C=O) groups is 2. The largest absolute Gasteiger partial charge is 0.463 e. The lowest BCUT2D eigenvalue weighted by atomic mass is 9.94. The lowest BCUT2D eigenvalue weighted by molar-refractivity contribution is -0.137. The molecule has 0 aromatic rings. The molecule has 0 aromatic heterocycles.